The first-order valence-corrected chi connectivity index (χ1v) is 6.48. The average Bonchev–Trinajstić information content (AvgIpc) is 2.76. The first-order chi connectivity index (χ1) is 9.97. The number of hydrazine groups is 1. The van der Waals surface area contributed by atoms with E-state index in [4.69, 9.17) is 0 Å². The summed E-state index contributed by atoms with van der Waals surface area (Å²) in [6.45, 7) is 1.46. The van der Waals surface area contributed by atoms with E-state index >= 15 is 0 Å². The van der Waals surface area contributed by atoms with Crippen LogP contribution in [0.4, 0.5) is 5.69 Å². The van der Waals surface area contributed by atoms with E-state index in [9.17, 15) is 19.2 Å². The number of anilines is 1. The van der Waals surface area contributed by atoms with Gasteiger partial charge in [0, 0.05) is 17.7 Å². The summed E-state index contributed by atoms with van der Waals surface area (Å²) in [5.74, 6) is -2.00. The molecule has 3 amide bonds. The normalized spacial score (nSPS) is 14.5. The van der Waals surface area contributed by atoms with E-state index in [1.165, 1.54) is 6.92 Å². The van der Waals surface area contributed by atoms with E-state index < -0.39 is 17.7 Å². The molecule has 0 unspecified atom stereocenters. The number of carbonyl (C=O) groups excluding carboxylic acids is 4. The quantitative estimate of drug-likeness (QED) is 0.538. The van der Waals surface area contributed by atoms with Gasteiger partial charge in [0.15, 0.2) is 5.78 Å². The zero-order chi connectivity index (χ0) is 15.4. The number of benzene rings is 1. The summed E-state index contributed by atoms with van der Waals surface area (Å²) < 4.78 is 0. The maximum Gasteiger partial charge on any atom is 0.251 e. The van der Waals surface area contributed by atoms with E-state index in [1.807, 2.05) is 0 Å². The molecule has 21 heavy (non-hydrogen) atoms. The molecule has 1 saturated heterocycles. The predicted octanol–water partition coefficient (Wildman–Crippen LogP) is 0.385. The molecule has 1 aliphatic heterocycles. The van der Waals surface area contributed by atoms with Gasteiger partial charge in [-0.15, -0.1) is 0 Å². The van der Waals surface area contributed by atoms with Gasteiger partial charge in [0.25, 0.3) is 11.8 Å². The van der Waals surface area contributed by atoms with Gasteiger partial charge in [0.2, 0.25) is 5.91 Å². The lowest BCUT2D eigenvalue weighted by Gasteiger charge is -2.07. The molecule has 0 radical (unpaired) electrons. The highest BCUT2D eigenvalue weighted by Gasteiger charge is 2.32. The fraction of sp³-hybridized carbons (Fsp3) is 0.286. The fourth-order valence-corrected chi connectivity index (χ4v) is 1.97. The average molecular weight is 289 g/mol. The standard InChI is InChI=1S/C14H15N3O4/c1-8(18)9-2-4-10(5-3-9)15-12(19)7-6-11-13(20)16-17-14(11)21/h2-5,11H,6-7H2,1H3,(H,15,19)(H,16,20)(H,17,21). The largest absolute Gasteiger partial charge is 0.326 e. The Bertz CT molecular complexity index is 579. The Hall–Kier alpha value is -2.70. The van der Waals surface area contributed by atoms with Crippen LogP contribution in [0.1, 0.15) is 30.1 Å². The zero-order valence-corrected chi connectivity index (χ0v) is 11.4. The highest BCUT2D eigenvalue weighted by atomic mass is 16.2. The lowest BCUT2D eigenvalue weighted by Crippen LogP contribution is -2.28. The third-order valence-electron chi connectivity index (χ3n) is 3.18. The number of carbonyl (C=O) groups is 4. The van der Waals surface area contributed by atoms with Gasteiger partial charge in [0.1, 0.15) is 5.92 Å². The first kappa shape index (κ1) is 14.7. The second-order valence-electron chi connectivity index (χ2n) is 4.75. The van der Waals surface area contributed by atoms with Gasteiger partial charge in [0.05, 0.1) is 0 Å². The Balaban J connectivity index is 1.85. The molecule has 0 aliphatic carbocycles. The molecule has 0 atom stereocenters. The predicted molar refractivity (Wildman–Crippen MR) is 74.1 cm³/mol. The first-order valence-electron chi connectivity index (χ1n) is 6.48. The molecule has 7 nitrogen and oxygen atoms in total. The zero-order valence-electron chi connectivity index (χ0n) is 11.4. The molecule has 110 valence electrons. The van der Waals surface area contributed by atoms with Gasteiger partial charge in [-0.3, -0.25) is 30.0 Å². The number of hydrogen-bond acceptors (Lipinski definition) is 4. The Morgan fingerprint density at radius 3 is 2.19 bits per heavy atom. The monoisotopic (exact) mass is 289 g/mol. The van der Waals surface area contributed by atoms with Gasteiger partial charge >= 0.3 is 0 Å². The second kappa shape index (κ2) is 6.17. The second-order valence-corrected chi connectivity index (χ2v) is 4.75. The number of Topliss-reactive ketones (excluding diaryl/α,β-unsaturated/α-hetero) is 1. The summed E-state index contributed by atoms with van der Waals surface area (Å²) in [5.41, 5.74) is 5.54. The lowest BCUT2D eigenvalue weighted by molar-refractivity contribution is -0.128. The maximum atomic E-state index is 11.8. The lowest BCUT2D eigenvalue weighted by atomic mass is 10.0. The van der Waals surface area contributed by atoms with Crippen molar-refractivity contribution < 1.29 is 19.2 Å². The van der Waals surface area contributed by atoms with Gasteiger partial charge < -0.3 is 5.32 Å². The molecule has 0 aromatic heterocycles. The Labute approximate surface area is 121 Å². The topological polar surface area (TPSA) is 104 Å². The summed E-state index contributed by atoms with van der Waals surface area (Å²) >= 11 is 0. The van der Waals surface area contributed by atoms with Gasteiger partial charge in [-0.25, -0.2) is 0 Å². The minimum Gasteiger partial charge on any atom is -0.326 e. The SMILES string of the molecule is CC(=O)c1ccc(NC(=O)CCC2C(=O)NNC2=O)cc1. The Morgan fingerprint density at radius 2 is 1.67 bits per heavy atom. The van der Waals surface area contributed by atoms with Crippen LogP contribution in [-0.2, 0) is 14.4 Å². The highest BCUT2D eigenvalue weighted by Crippen LogP contribution is 2.13. The van der Waals surface area contributed by atoms with Crippen molar-refractivity contribution in [1.82, 2.24) is 10.9 Å². The van der Waals surface area contributed by atoms with E-state index in [0.717, 1.165) is 0 Å². The molecule has 1 heterocycles. The van der Waals surface area contributed by atoms with Crippen LogP contribution in [0.2, 0.25) is 0 Å². The molecule has 3 N–H and O–H groups in total. The minimum atomic E-state index is -0.823. The molecule has 1 aromatic rings. The molecule has 0 bridgehead atoms. The number of hydrogen-bond donors (Lipinski definition) is 3. The highest BCUT2D eigenvalue weighted by molar-refractivity contribution is 6.05. The third-order valence-corrected chi connectivity index (χ3v) is 3.18. The smallest absolute Gasteiger partial charge is 0.251 e. The Morgan fingerprint density at radius 1 is 1.10 bits per heavy atom. The summed E-state index contributed by atoms with van der Waals surface area (Å²) in [6.07, 6.45) is 0.203. The van der Waals surface area contributed by atoms with Crippen molar-refractivity contribution in [2.75, 3.05) is 5.32 Å². The van der Waals surface area contributed by atoms with Gasteiger partial charge in [-0.1, -0.05) is 0 Å². The molecule has 1 fully saturated rings. The molecular formula is C14H15N3O4. The molecule has 1 aromatic carbocycles. The van der Waals surface area contributed by atoms with Crippen molar-refractivity contribution >= 4 is 29.2 Å². The van der Waals surface area contributed by atoms with E-state index in [1.54, 1.807) is 24.3 Å². The van der Waals surface area contributed by atoms with Crippen LogP contribution in [0.3, 0.4) is 0 Å². The van der Waals surface area contributed by atoms with Crippen molar-refractivity contribution in [3.05, 3.63) is 29.8 Å². The number of ketones is 1. The van der Waals surface area contributed by atoms with Crippen LogP contribution in [0, 0.1) is 5.92 Å². The fourth-order valence-electron chi connectivity index (χ4n) is 1.97. The van der Waals surface area contributed by atoms with Crippen LogP contribution in [-0.4, -0.2) is 23.5 Å². The summed E-state index contributed by atoms with van der Waals surface area (Å²) in [7, 11) is 0. The Kier molecular flexibility index (Phi) is 4.32. The third kappa shape index (κ3) is 3.65. The van der Waals surface area contributed by atoms with E-state index in [-0.39, 0.29) is 24.5 Å². The van der Waals surface area contributed by atoms with Crippen molar-refractivity contribution in [3.8, 4) is 0 Å². The molecule has 1 aliphatic rings. The van der Waals surface area contributed by atoms with Crippen molar-refractivity contribution in [2.45, 2.75) is 19.8 Å². The number of nitrogens with one attached hydrogen (secondary N) is 3. The molecule has 7 heteroatoms. The minimum absolute atomic E-state index is 0.0499. The van der Waals surface area contributed by atoms with Crippen LogP contribution in [0.25, 0.3) is 0 Å². The summed E-state index contributed by atoms with van der Waals surface area (Å²) in [4.78, 5) is 45.5. The molecule has 0 saturated carbocycles. The van der Waals surface area contributed by atoms with Crippen LogP contribution >= 0.6 is 0 Å². The van der Waals surface area contributed by atoms with Gasteiger partial charge in [-0.2, -0.15) is 0 Å². The maximum absolute atomic E-state index is 11.8. The van der Waals surface area contributed by atoms with Crippen LogP contribution in [0.15, 0.2) is 24.3 Å². The molecule has 0 spiro atoms. The van der Waals surface area contributed by atoms with Crippen molar-refractivity contribution in [1.29, 1.82) is 0 Å². The number of amides is 3. The summed E-state index contributed by atoms with van der Waals surface area (Å²) in [5, 5.41) is 2.65. The van der Waals surface area contributed by atoms with Crippen molar-refractivity contribution in [2.24, 2.45) is 5.92 Å². The van der Waals surface area contributed by atoms with E-state index in [2.05, 4.69) is 16.2 Å². The number of rotatable bonds is 5. The van der Waals surface area contributed by atoms with Crippen molar-refractivity contribution in [3.63, 3.8) is 0 Å². The summed E-state index contributed by atoms with van der Waals surface area (Å²) in [6, 6.07) is 6.50. The van der Waals surface area contributed by atoms with Crippen LogP contribution < -0.4 is 16.2 Å². The molecular weight excluding hydrogens is 274 g/mol. The van der Waals surface area contributed by atoms with Gasteiger partial charge in [-0.05, 0) is 37.6 Å². The molecule has 2 rings (SSSR count). The van der Waals surface area contributed by atoms with Crippen LogP contribution in [0.5, 0.6) is 0 Å². The van der Waals surface area contributed by atoms with E-state index in [0.29, 0.717) is 11.3 Å².